The Kier molecular flexibility index (Phi) is 5.95. The summed E-state index contributed by atoms with van der Waals surface area (Å²) in [4.78, 5) is 25.5. The Morgan fingerprint density at radius 3 is 2.40 bits per heavy atom. The van der Waals surface area contributed by atoms with Gasteiger partial charge in [0.15, 0.2) is 5.78 Å². The molecule has 1 amide bonds. The van der Waals surface area contributed by atoms with Crippen LogP contribution in [-0.4, -0.2) is 47.8 Å². The Bertz CT molecular complexity index is 492. The summed E-state index contributed by atoms with van der Waals surface area (Å²) in [7, 11) is 1.78. The van der Waals surface area contributed by atoms with Crippen molar-refractivity contribution < 1.29 is 9.59 Å². The highest BCUT2D eigenvalue weighted by Gasteiger charge is 2.17. The second-order valence-corrected chi connectivity index (χ2v) is 5.08. The van der Waals surface area contributed by atoms with Crippen molar-refractivity contribution in [3.63, 3.8) is 0 Å². The summed E-state index contributed by atoms with van der Waals surface area (Å²) in [6.45, 7) is 9.88. The van der Waals surface area contributed by atoms with E-state index in [4.69, 9.17) is 0 Å². The van der Waals surface area contributed by atoms with E-state index in [0.29, 0.717) is 6.54 Å². The Hall–Kier alpha value is -1.62. The Morgan fingerprint density at radius 1 is 1.25 bits per heavy atom. The number of Topliss-reactive ketones (excluding diaryl/α,β-unsaturated/α-hetero) is 1. The maximum absolute atomic E-state index is 12.3. The molecule has 0 saturated carbocycles. The number of nitrogens with zero attached hydrogens (tertiary/aromatic N) is 2. The molecule has 5 heteroatoms. The van der Waals surface area contributed by atoms with E-state index in [-0.39, 0.29) is 24.8 Å². The van der Waals surface area contributed by atoms with Crippen molar-refractivity contribution in [1.82, 2.24) is 14.8 Å². The summed E-state index contributed by atoms with van der Waals surface area (Å²) in [5.74, 6) is 0.00595. The highest BCUT2D eigenvalue weighted by molar-refractivity contribution is 5.99. The monoisotopic (exact) mass is 279 g/mol. The van der Waals surface area contributed by atoms with Crippen LogP contribution in [0, 0.1) is 13.8 Å². The summed E-state index contributed by atoms with van der Waals surface area (Å²) in [5.41, 5.74) is 2.85. The number of rotatable bonds is 7. The third-order valence-electron chi connectivity index (χ3n) is 3.39. The highest BCUT2D eigenvalue weighted by Crippen LogP contribution is 2.15. The van der Waals surface area contributed by atoms with E-state index in [0.717, 1.165) is 23.5 Å². The molecule has 0 aromatic carbocycles. The Morgan fingerprint density at radius 2 is 1.90 bits per heavy atom. The van der Waals surface area contributed by atoms with Crippen molar-refractivity contribution >= 4 is 11.7 Å². The predicted molar refractivity (Wildman–Crippen MR) is 80.1 cm³/mol. The molecule has 1 rings (SSSR count). The van der Waals surface area contributed by atoms with Gasteiger partial charge in [-0.3, -0.25) is 14.5 Å². The molecule has 1 heterocycles. The number of likely N-dealkylation sites (N-methyl/N-ethyl adjacent to an activating group) is 2. The average molecular weight is 279 g/mol. The van der Waals surface area contributed by atoms with E-state index in [2.05, 4.69) is 16.8 Å². The van der Waals surface area contributed by atoms with Crippen LogP contribution in [0.1, 0.15) is 35.6 Å². The summed E-state index contributed by atoms with van der Waals surface area (Å²) in [6, 6.07) is 1.93. The average Bonchev–Trinajstić information content (AvgIpc) is 2.64. The molecular weight excluding hydrogens is 254 g/mol. The van der Waals surface area contributed by atoms with Gasteiger partial charge in [-0.1, -0.05) is 0 Å². The SMILES string of the molecule is CCNC(=O)CN(C)CC(=O)c1cc(C)n(CC)c1C. The van der Waals surface area contributed by atoms with Crippen molar-refractivity contribution in [3.05, 3.63) is 23.0 Å². The summed E-state index contributed by atoms with van der Waals surface area (Å²) in [6.07, 6.45) is 0. The van der Waals surface area contributed by atoms with Crippen molar-refractivity contribution in [1.29, 1.82) is 0 Å². The van der Waals surface area contributed by atoms with Gasteiger partial charge in [0.25, 0.3) is 0 Å². The smallest absolute Gasteiger partial charge is 0.234 e. The van der Waals surface area contributed by atoms with Crippen LogP contribution in [0.2, 0.25) is 0 Å². The van der Waals surface area contributed by atoms with E-state index in [1.165, 1.54) is 0 Å². The molecule has 1 N–H and O–H groups in total. The van der Waals surface area contributed by atoms with Crippen molar-refractivity contribution in [2.45, 2.75) is 34.2 Å². The minimum absolute atomic E-state index is 0.0539. The molecule has 0 radical (unpaired) electrons. The van der Waals surface area contributed by atoms with Gasteiger partial charge in [0.2, 0.25) is 5.91 Å². The number of carbonyl (C=O) groups is 2. The van der Waals surface area contributed by atoms with Gasteiger partial charge >= 0.3 is 0 Å². The van der Waals surface area contributed by atoms with Gasteiger partial charge in [-0.25, -0.2) is 0 Å². The highest BCUT2D eigenvalue weighted by atomic mass is 16.2. The molecular formula is C15H25N3O2. The first-order valence-corrected chi connectivity index (χ1v) is 7.05. The number of nitrogens with one attached hydrogen (secondary N) is 1. The van der Waals surface area contributed by atoms with Gasteiger partial charge < -0.3 is 9.88 Å². The van der Waals surface area contributed by atoms with Crippen LogP contribution < -0.4 is 5.32 Å². The zero-order chi connectivity index (χ0) is 15.3. The second-order valence-electron chi connectivity index (χ2n) is 5.08. The van der Waals surface area contributed by atoms with Crippen LogP contribution >= 0.6 is 0 Å². The van der Waals surface area contributed by atoms with E-state index in [1.807, 2.05) is 26.8 Å². The van der Waals surface area contributed by atoms with Crippen LogP contribution in [-0.2, 0) is 11.3 Å². The minimum atomic E-state index is -0.0539. The normalized spacial score (nSPS) is 10.9. The summed E-state index contributed by atoms with van der Waals surface area (Å²) < 4.78 is 2.12. The molecule has 0 saturated heterocycles. The van der Waals surface area contributed by atoms with Gasteiger partial charge in [-0.2, -0.15) is 0 Å². The number of hydrogen-bond acceptors (Lipinski definition) is 3. The predicted octanol–water partition coefficient (Wildman–Crippen LogP) is 1.38. The lowest BCUT2D eigenvalue weighted by molar-refractivity contribution is -0.121. The van der Waals surface area contributed by atoms with Gasteiger partial charge in [0.1, 0.15) is 0 Å². The molecule has 0 aliphatic carbocycles. The first-order chi connectivity index (χ1) is 9.40. The van der Waals surface area contributed by atoms with E-state index in [1.54, 1.807) is 11.9 Å². The zero-order valence-electron chi connectivity index (χ0n) is 13.1. The lowest BCUT2D eigenvalue weighted by atomic mass is 10.1. The maximum Gasteiger partial charge on any atom is 0.234 e. The number of hydrogen-bond donors (Lipinski definition) is 1. The van der Waals surface area contributed by atoms with E-state index in [9.17, 15) is 9.59 Å². The second kappa shape index (κ2) is 7.24. The largest absolute Gasteiger partial charge is 0.355 e. The van der Waals surface area contributed by atoms with Crippen LogP contribution in [0.15, 0.2) is 6.07 Å². The number of aryl methyl sites for hydroxylation is 1. The third kappa shape index (κ3) is 3.93. The van der Waals surface area contributed by atoms with Gasteiger partial charge in [-0.15, -0.1) is 0 Å². The van der Waals surface area contributed by atoms with Crippen molar-refractivity contribution in [3.8, 4) is 0 Å². The van der Waals surface area contributed by atoms with Crippen LogP contribution in [0.25, 0.3) is 0 Å². The third-order valence-corrected chi connectivity index (χ3v) is 3.39. The molecule has 0 aliphatic rings. The van der Waals surface area contributed by atoms with Crippen LogP contribution in [0.3, 0.4) is 0 Å². The number of carbonyl (C=O) groups excluding carboxylic acids is 2. The lowest BCUT2D eigenvalue weighted by Gasteiger charge is -2.15. The molecule has 5 nitrogen and oxygen atoms in total. The summed E-state index contributed by atoms with van der Waals surface area (Å²) >= 11 is 0. The number of aromatic nitrogens is 1. The molecule has 0 bridgehead atoms. The standard InChI is InChI=1S/C15H25N3O2/c1-6-16-15(20)10-17(5)9-14(19)13-8-11(3)18(7-2)12(13)4/h8H,6-7,9-10H2,1-5H3,(H,16,20). The first kappa shape index (κ1) is 16.4. The van der Waals surface area contributed by atoms with Crippen LogP contribution in [0.4, 0.5) is 0 Å². The van der Waals surface area contributed by atoms with Gasteiger partial charge in [-0.05, 0) is 40.8 Å². The first-order valence-electron chi connectivity index (χ1n) is 7.05. The van der Waals surface area contributed by atoms with E-state index < -0.39 is 0 Å². The molecule has 0 spiro atoms. The van der Waals surface area contributed by atoms with Crippen molar-refractivity contribution in [2.75, 3.05) is 26.7 Å². The van der Waals surface area contributed by atoms with Crippen molar-refractivity contribution in [2.24, 2.45) is 0 Å². The van der Waals surface area contributed by atoms with Gasteiger partial charge in [0, 0.05) is 30.0 Å². The Balaban J connectivity index is 2.69. The Labute approximate surface area is 120 Å². The molecule has 0 aliphatic heterocycles. The van der Waals surface area contributed by atoms with Crippen LogP contribution in [0.5, 0.6) is 0 Å². The van der Waals surface area contributed by atoms with E-state index >= 15 is 0 Å². The number of amides is 1. The zero-order valence-corrected chi connectivity index (χ0v) is 13.1. The fourth-order valence-corrected chi connectivity index (χ4v) is 2.45. The minimum Gasteiger partial charge on any atom is -0.355 e. The summed E-state index contributed by atoms with van der Waals surface area (Å²) in [5, 5.41) is 2.73. The molecule has 1 aromatic heterocycles. The lowest BCUT2D eigenvalue weighted by Crippen LogP contribution is -2.37. The quantitative estimate of drug-likeness (QED) is 0.767. The maximum atomic E-state index is 12.3. The molecule has 1 aromatic rings. The number of ketones is 1. The molecule has 0 unspecified atom stereocenters. The van der Waals surface area contributed by atoms with Gasteiger partial charge in [0.05, 0.1) is 13.1 Å². The topological polar surface area (TPSA) is 54.3 Å². The molecule has 0 fully saturated rings. The molecule has 112 valence electrons. The molecule has 0 atom stereocenters. The molecule has 20 heavy (non-hydrogen) atoms. The fourth-order valence-electron chi connectivity index (χ4n) is 2.45. The fraction of sp³-hybridized carbons (Fsp3) is 0.600.